The van der Waals surface area contributed by atoms with Crippen LogP contribution in [0.15, 0.2) is 29.2 Å². The van der Waals surface area contributed by atoms with Crippen LogP contribution in [0.25, 0.3) is 0 Å². The summed E-state index contributed by atoms with van der Waals surface area (Å²) in [5.41, 5.74) is 1.01. The molecule has 0 amide bonds. The summed E-state index contributed by atoms with van der Waals surface area (Å²) >= 11 is 0. The minimum Gasteiger partial charge on any atom is -0.391 e. The summed E-state index contributed by atoms with van der Waals surface area (Å²) in [5.74, 6) is -0.254. The Morgan fingerprint density at radius 1 is 1.22 bits per heavy atom. The molecule has 5 heteroatoms. The Morgan fingerprint density at radius 3 is 2.28 bits per heavy atom. The van der Waals surface area contributed by atoms with E-state index in [4.69, 9.17) is 0 Å². The molecule has 0 aliphatic heterocycles. The highest BCUT2D eigenvalue weighted by Crippen LogP contribution is 2.13. The van der Waals surface area contributed by atoms with Gasteiger partial charge in [0.15, 0.2) is 9.84 Å². The van der Waals surface area contributed by atoms with Gasteiger partial charge in [-0.3, -0.25) is 0 Å². The first-order valence-corrected chi connectivity index (χ1v) is 7.67. The third-order valence-electron chi connectivity index (χ3n) is 2.55. The molecule has 0 aliphatic carbocycles. The molecule has 0 aromatic heterocycles. The summed E-state index contributed by atoms with van der Waals surface area (Å²) in [6, 6.07) is 6.89. The van der Waals surface area contributed by atoms with Crippen LogP contribution in [0.1, 0.15) is 19.4 Å². The molecule has 0 aliphatic rings. The van der Waals surface area contributed by atoms with Crippen molar-refractivity contribution in [2.75, 3.05) is 12.3 Å². The standard InChI is InChI=1S/C13H21NO3S/c1-10(2)14-8-12(15)9-18(16,17)13-6-4-11(3)5-7-13/h4-7,10,12,14-15H,8-9H2,1-3H3. The summed E-state index contributed by atoms with van der Waals surface area (Å²) in [4.78, 5) is 0.261. The van der Waals surface area contributed by atoms with Crippen LogP contribution >= 0.6 is 0 Å². The summed E-state index contributed by atoms with van der Waals surface area (Å²) in [6.45, 7) is 6.07. The fourth-order valence-electron chi connectivity index (χ4n) is 1.53. The first kappa shape index (κ1) is 15.1. The summed E-state index contributed by atoms with van der Waals surface area (Å²) in [5, 5.41) is 12.7. The molecule has 18 heavy (non-hydrogen) atoms. The molecule has 2 N–H and O–H groups in total. The Bertz CT molecular complexity index is 466. The van der Waals surface area contributed by atoms with Crippen molar-refractivity contribution in [3.05, 3.63) is 29.8 Å². The van der Waals surface area contributed by atoms with Gasteiger partial charge in [0.1, 0.15) is 0 Å². The molecule has 4 nitrogen and oxygen atoms in total. The van der Waals surface area contributed by atoms with Crippen LogP contribution in [0.3, 0.4) is 0 Å². The zero-order chi connectivity index (χ0) is 13.8. The molecule has 1 aromatic rings. The number of benzene rings is 1. The van der Waals surface area contributed by atoms with Gasteiger partial charge in [-0.25, -0.2) is 8.42 Å². The maximum atomic E-state index is 12.0. The van der Waals surface area contributed by atoms with Gasteiger partial charge in [0.2, 0.25) is 0 Å². The molecule has 0 spiro atoms. The van der Waals surface area contributed by atoms with Crippen LogP contribution in [0.4, 0.5) is 0 Å². The van der Waals surface area contributed by atoms with E-state index >= 15 is 0 Å². The predicted molar refractivity (Wildman–Crippen MR) is 72.4 cm³/mol. The van der Waals surface area contributed by atoms with Crippen molar-refractivity contribution in [1.29, 1.82) is 0 Å². The molecule has 1 unspecified atom stereocenters. The fourth-order valence-corrected chi connectivity index (χ4v) is 2.89. The molecular formula is C13H21NO3S. The van der Waals surface area contributed by atoms with Crippen molar-refractivity contribution in [3.63, 3.8) is 0 Å². The average Bonchev–Trinajstić information content (AvgIpc) is 2.26. The van der Waals surface area contributed by atoms with E-state index < -0.39 is 15.9 Å². The van der Waals surface area contributed by atoms with E-state index in [1.807, 2.05) is 20.8 Å². The lowest BCUT2D eigenvalue weighted by molar-refractivity contribution is 0.190. The van der Waals surface area contributed by atoms with Crippen LogP contribution in [-0.2, 0) is 9.84 Å². The molecule has 102 valence electrons. The molecule has 0 heterocycles. The lowest BCUT2D eigenvalue weighted by atomic mass is 10.2. The Hall–Kier alpha value is -0.910. The number of rotatable bonds is 6. The zero-order valence-corrected chi connectivity index (χ0v) is 11.9. The lowest BCUT2D eigenvalue weighted by Crippen LogP contribution is -2.35. The van der Waals surface area contributed by atoms with E-state index in [1.165, 1.54) is 0 Å². The van der Waals surface area contributed by atoms with E-state index in [2.05, 4.69) is 5.32 Å². The smallest absolute Gasteiger partial charge is 0.180 e. The van der Waals surface area contributed by atoms with Gasteiger partial charge in [-0.15, -0.1) is 0 Å². The Labute approximate surface area is 109 Å². The number of aliphatic hydroxyl groups is 1. The highest BCUT2D eigenvalue weighted by Gasteiger charge is 2.19. The molecule has 1 rings (SSSR count). The van der Waals surface area contributed by atoms with Crippen molar-refractivity contribution in [3.8, 4) is 0 Å². The van der Waals surface area contributed by atoms with Gasteiger partial charge in [0.25, 0.3) is 0 Å². The second-order valence-corrected chi connectivity index (χ2v) is 6.85. The normalized spacial score (nSPS) is 13.8. The second kappa shape index (κ2) is 6.31. The molecule has 1 atom stereocenters. The molecule has 1 aromatic carbocycles. The number of sulfone groups is 1. The fraction of sp³-hybridized carbons (Fsp3) is 0.538. The molecule has 0 saturated heterocycles. The van der Waals surface area contributed by atoms with Crippen molar-refractivity contribution < 1.29 is 13.5 Å². The first-order chi connectivity index (χ1) is 8.31. The number of nitrogens with one attached hydrogen (secondary N) is 1. The van der Waals surface area contributed by atoms with Crippen LogP contribution in [0.5, 0.6) is 0 Å². The van der Waals surface area contributed by atoms with E-state index in [9.17, 15) is 13.5 Å². The first-order valence-electron chi connectivity index (χ1n) is 6.02. The van der Waals surface area contributed by atoms with Crippen LogP contribution < -0.4 is 5.32 Å². The lowest BCUT2D eigenvalue weighted by Gasteiger charge is -2.14. The summed E-state index contributed by atoms with van der Waals surface area (Å²) in [6.07, 6.45) is -0.890. The molecule has 0 saturated carbocycles. The van der Waals surface area contributed by atoms with Gasteiger partial charge in [-0.1, -0.05) is 31.5 Å². The summed E-state index contributed by atoms with van der Waals surface area (Å²) in [7, 11) is -3.41. The van der Waals surface area contributed by atoms with Crippen molar-refractivity contribution in [1.82, 2.24) is 5.32 Å². The van der Waals surface area contributed by atoms with Gasteiger partial charge in [0.05, 0.1) is 16.8 Å². The van der Waals surface area contributed by atoms with Gasteiger partial charge < -0.3 is 10.4 Å². The van der Waals surface area contributed by atoms with E-state index in [-0.39, 0.29) is 23.2 Å². The van der Waals surface area contributed by atoms with Crippen LogP contribution in [-0.4, -0.2) is 38.0 Å². The van der Waals surface area contributed by atoms with Gasteiger partial charge in [-0.2, -0.15) is 0 Å². The predicted octanol–water partition coefficient (Wildman–Crippen LogP) is 1.13. The number of hydrogen-bond donors (Lipinski definition) is 2. The number of aryl methyl sites for hydroxylation is 1. The maximum Gasteiger partial charge on any atom is 0.180 e. The van der Waals surface area contributed by atoms with Gasteiger partial charge in [0, 0.05) is 12.6 Å². The topological polar surface area (TPSA) is 66.4 Å². The monoisotopic (exact) mass is 271 g/mol. The Balaban J connectivity index is 2.67. The minimum atomic E-state index is -3.41. The number of hydrogen-bond acceptors (Lipinski definition) is 4. The highest BCUT2D eigenvalue weighted by molar-refractivity contribution is 7.91. The zero-order valence-electron chi connectivity index (χ0n) is 11.1. The van der Waals surface area contributed by atoms with Gasteiger partial charge >= 0.3 is 0 Å². The second-order valence-electron chi connectivity index (χ2n) is 4.81. The number of aliphatic hydroxyl groups excluding tert-OH is 1. The van der Waals surface area contributed by atoms with Crippen molar-refractivity contribution >= 4 is 9.84 Å². The molecular weight excluding hydrogens is 250 g/mol. The molecule has 0 radical (unpaired) electrons. The van der Waals surface area contributed by atoms with Crippen LogP contribution in [0, 0.1) is 6.92 Å². The van der Waals surface area contributed by atoms with E-state index in [0.717, 1.165) is 5.56 Å². The SMILES string of the molecule is Cc1ccc(S(=O)(=O)CC(O)CNC(C)C)cc1. The van der Waals surface area contributed by atoms with Crippen molar-refractivity contribution in [2.45, 2.75) is 37.8 Å². The molecule has 0 fully saturated rings. The average molecular weight is 271 g/mol. The quantitative estimate of drug-likeness (QED) is 0.814. The third kappa shape index (κ3) is 4.76. The molecule has 0 bridgehead atoms. The van der Waals surface area contributed by atoms with E-state index in [0.29, 0.717) is 0 Å². The van der Waals surface area contributed by atoms with Crippen LogP contribution in [0.2, 0.25) is 0 Å². The minimum absolute atomic E-state index is 0.224. The van der Waals surface area contributed by atoms with E-state index in [1.54, 1.807) is 24.3 Å². The highest BCUT2D eigenvalue weighted by atomic mass is 32.2. The third-order valence-corrected chi connectivity index (χ3v) is 4.37. The Morgan fingerprint density at radius 2 is 1.78 bits per heavy atom. The van der Waals surface area contributed by atoms with Gasteiger partial charge in [-0.05, 0) is 19.1 Å². The summed E-state index contributed by atoms with van der Waals surface area (Å²) < 4.78 is 24.0. The largest absolute Gasteiger partial charge is 0.391 e. The Kier molecular flexibility index (Phi) is 5.31. The van der Waals surface area contributed by atoms with Crippen molar-refractivity contribution in [2.24, 2.45) is 0 Å². The maximum absolute atomic E-state index is 12.0.